The van der Waals surface area contributed by atoms with Crippen molar-refractivity contribution in [3.63, 3.8) is 0 Å². The lowest BCUT2D eigenvalue weighted by molar-refractivity contribution is 0.310. The number of halogens is 2. The van der Waals surface area contributed by atoms with Crippen LogP contribution in [0.1, 0.15) is 11.3 Å². The Morgan fingerprint density at radius 3 is 2.94 bits per heavy atom. The predicted octanol–water partition coefficient (Wildman–Crippen LogP) is 2.43. The maximum absolute atomic E-state index is 13.6. The van der Waals surface area contributed by atoms with Crippen molar-refractivity contribution >= 4 is 10.9 Å². The van der Waals surface area contributed by atoms with Gasteiger partial charge in [0.15, 0.2) is 11.6 Å². The van der Waals surface area contributed by atoms with Crippen molar-refractivity contribution in [2.45, 2.75) is 13.0 Å². The summed E-state index contributed by atoms with van der Waals surface area (Å²) in [6.45, 7) is 1.73. The van der Waals surface area contributed by atoms with Crippen LogP contribution in [-0.4, -0.2) is 23.5 Å². The SMILES string of the molecule is CN1CCc2c([nH]c3c(F)c(F)ccc23)C1. The van der Waals surface area contributed by atoms with Crippen molar-refractivity contribution in [1.82, 2.24) is 9.88 Å². The summed E-state index contributed by atoms with van der Waals surface area (Å²) >= 11 is 0. The summed E-state index contributed by atoms with van der Waals surface area (Å²) in [6.07, 6.45) is 0.886. The summed E-state index contributed by atoms with van der Waals surface area (Å²) in [5, 5.41) is 0.821. The Balaban J connectivity index is 2.28. The van der Waals surface area contributed by atoms with E-state index in [9.17, 15) is 8.78 Å². The number of likely N-dealkylation sites (N-methyl/N-ethyl adjacent to an activating group) is 1. The third-order valence-corrected chi connectivity index (χ3v) is 3.23. The van der Waals surface area contributed by atoms with Crippen LogP contribution in [-0.2, 0) is 13.0 Å². The van der Waals surface area contributed by atoms with Crippen molar-refractivity contribution in [1.29, 1.82) is 0 Å². The standard InChI is InChI=1S/C12H12F2N2/c1-16-5-4-7-8-2-3-9(13)11(14)12(8)15-10(7)6-16/h2-3,15H,4-6H2,1H3. The van der Waals surface area contributed by atoms with E-state index >= 15 is 0 Å². The topological polar surface area (TPSA) is 19.0 Å². The van der Waals surface area contributed by atoms with Gasteiger partial charge in [0.1, 0.15) is 0 Å². The molecule has 0 atom stereocenters. The Labute approximate surface area is 91.9 Å². The Morgan fingerprint density at radius 2 is 2.12 bits per heavy atom. The molecule has 1 N–H and O–H groups in total. The van der Waals surface area contributed by atoms with Crippen LogP contribution in [0.4, 0.5) is 8.78 Å². The first-order chi connectivity index (χ1) is 7.66. The summed E-state index contributed by atoms with van der Waals surface area (Å²) in [6, 6.07) is 2.86. The molecule has 0 fully saturated rings. The second kappa shape index (κ2) is 3.28. The first-order valence-corrected chi connectivity index (χ1v) is 5.33. The summed E-state index contributed by atoms with van der Waals surface area (Å²) in [5.41, 5.74) is 2.44. The van der Waals surface area contributed by atoms with Gasteiger partial charge in [0.05, 0.1) is 5.52 Å². The molecule has 0 bridgehead atoms. The van der Waals surface area contributed by atoms with Crippen LogP contribution in [0, 0.1) is 11.6 Å². The average Bonchev–Trinajstić information content (AvgIpc) is 2.62. The lowest BCUT2D eigenvalue weighted by Gasteiger charge is -2.22. The maximum atomic E-state index is 13.6. The quantitative estimate of drug-likeness (QED) is 0.725. The molecule has 1 aliphatic heterocycles. The van der Waals surface area contributed by atoms with Crippen LogP contribution in [0.15, 0.2) is 12.1 Å². The summed E-state index contributed by atoms with van der Waals surface area (Å²) in [7, 11) is 2.02. The molecule has 4 heteroatoms. The number of H-pyrrole nitrogens is 1. The molecule has 0 saturated carbocycles. The molecule has 0 amide bonds. The highest BCUT2D eigenvalue weighted by molar-refractivity contribution is 5.85. The summed E-state index contributed by atoms with van der Waals surface area (Å²) in [5.74, 6) is -1.56. The fourth-order valence-electron chi connectivity index (χ4n) is 2.39. The molecule has 1 aliphatic rings. The zero-order valence-corrected chi connectivity index (χ0v) is 8.98. The van der Waals surface area contributed by atoms with Gasteiger partial charge in [-0.25, -0.2) is 8.78 Å². The van der Waals surface area contributed by atoms with Gasteiger partial charge < -0.3 is 9.88 Å². The third-order valence-electron chi connectivity index (χ3n) is 3.23. The van der Waals surface area contributed by atoms with Crippen LogP contribution >= 0.6 is 0 Å². The molecule has 0 spiro atoms. The van der Waals surface area contributed by atoms with Crippen molar-refractivity contribution in [3.05, 3.63) is 35.0 Å². The number of hydrogen-bond acceptors (Lipinski definition) is 1. The van der Waals surface area contributed by atoms with E-state index in [1.807, 2.05) is 7.05 Å². The summed E-state index contributed by atoms with van der Waals surface area (Å²) < 4.78 is 26.6. The molecule has 1 aromatic carbocycles. The number of rotatable bonds is 0. The van der Waals surface area contributed by atoms with E-state index in [-0.39, 0.29) is 0 Å². The van der Waals surface area contributed by atoms with Crippen LogP contribution in [0.25, 0.3) is 10.9 Å². The first-order valence-electron chi connectivity index (χ1n) is 5.33. The minimum atomic E-state index is -0.792. The molecule has 2 nitrogen and oxygen atoms in total. The summed E-state index contributed by atoms with van der Waals surface area (Å²) in [4.78, 5) is 5.16. The molecule has 0 saturated heterocycles. The van der Waals surface area contributed by atoms with Crippen molar-refractivity contribution < 1.29 is 8.78 Å². The van der Waals surface area contributed by atoms with Crippen LogP contribution in [0.5, 0.6) is 0 Å². The smallest absolute Gasteiger partial charge is 0.182 e. The van der Waals surface area contributed by atoms with Crippen LogP contribution in [0.2, 0.25) is 0 Å². The lowest BCUT2D eigenvalue weighted by atomic mass is 10.0. The number of aromatic nitrogens is 1. The minimum absolute atomic E-state index is 0.306. The van der Waals surface area contributed by atoms with E-state index in [1.165, 1.54) is 6.07 Å². The third kappa shape index (κ3) is 1.26. The van der Waals surface area contributed by atoms with E-state index in [0.717, 1.165) is 36.2 Å². The number of aromatic amines is 1. The number of hydrogen-bond donors (Lipinski definition) is 1. The Morgan fingerprint density at radius 1 is 1.31 bits per heavy atom. The maximum Gasteiger partial charge on any atom is 0.182 e. The van der Waals surface area contributed by atoms with E-state index in [1.54, 1.807) is 6.07 Å². The minimum Gasteiger partial charge on any atom is -0.355 e. The lowest BCUT2D eigenvalue weighted by Crippen LogP contribution is -2.26. The van der Waals surface area contributed by atoms with Gasteiger partial charge >= 0.3 is 0 Å². The van der Waals surface area contributed by atoms with Crippen molar-refractivity contribution in [2.75, 3.05) is 13.6 Å². The van der Waals surface area contributed by atoms with Crippen molar-refractivity contribution in [2.24, 2.45) is 0 Å². The highest BCUT2D eigenvalue weighted by Gasteiger charge is 2.20. The predicted molar refractivity (Wildman–Crippen MR) is 58.3 cm³/mol. The van der Waals surface area contributed by atoms with Gasteiger partial charge in [-0.1, -0.05) is 0 Å². The molecule has 2 aromatic rings. The number of nitrogens with one attached hydrogen (secondary N) is 1. The van der Waals surface area contributed by atoms with Crippen LogP contribution in [0.3, 0.4) is 0 Å². The molecule has 16 heavy (non-hydrogen) atoms. The molecule has 0 unspecified atom stereocenters. The van der Waals surface area contributed by atoms with Gasteiger partial charge in [-0.3, -0.25) is 0 Å². The van der Waals surface area contributed by atoms with Crippen molar-refractivity contribution in [3.8, 4) is 0 Å². The fourth-order valence-corrected chi connectivity index (χ4v) is 2.39. The zero-order chi connectivity index (χ0) is 11.3. The van der Waals surface area contributed by atoms with Gasteiger partial charge in [0, 0.05) is 24.2 Å². The highest BCUT2D eigenvalue weighted by atomic mass is 19.2. The van der Waals surface area contributed by atoms with Gasteiger partial charge in [-0.05, 0) is 31.2 Å². The Hall–Kier alpha value is -1.42. The van der Waals surface area contributed by atoms with E-state index < -0.39 is 11.6 Å². The molecule has 84 valence electrons. The highest BCUT2D eigenvalue weighted by Crippen LogP contribution is 2.29. The van der Waals surface area contributed by atoms with E-state index in [2.05, 4.69) is 9.88 Å². The molecular weight excluding hydrogens is 210 g/mol. The van der Waals surface area contributed by atoms with Gasteiger partial charge in [-0.15, -0.1) is 0 Å². The van der Waals surface area contributed by atoms with Gasteiger partial charge in [0.25, 0.3) is 0 Å². The zero-order valence-electron chi connectivity index (χ0n) is 8.98. The second-order valence-corrected chi connectivity index (χ2v) is 4.35. The Kier molecular flexibility index (Phi) is 2.01. The fraction of sp³-hybridized carbons (Fsp3) is 0.333. The molecule has 0 aliphatic carbocycles. The molecule has 2 heterocycles. The normalized spacial score (nSPS) is 16.7. The van der Waals surface area contributed by atoms with E-state index in [4.69, 9.17) is 0 Å². The number of benzene rings is 1. The van der Waals surface area contributed by atoms with Gasteiger partial charge in [-0.2, -0.15) is 0 Å². The first kappa shape index (κ1) is 9.78. The molecular formula is C12H12F2N2. The van der Waals surface area contributed by atoms with Crippen LogP contribution < -0.4 is 0 Å². The molecule has 0 radical (unpaired) electrons. The molecule has 1 aromatic heterocycles. The van der Waals surface area contributed by atoms with Gasteiger partial charge in [0.2, 0.25) is 0 Å². The van der Waals surface area contributed by atoms with E-state index in [0.29, 0.717) is 5.52 Å². The number of nitrogens with zero attached hydrogens (tertiary/aromatic N) is 1. The average molecular weight is 222 g/mol. The molecule has 3 rings (SSSR count). The monoisotopic (exact) mass is 222 g/mol. The Bertz CT molecular complexity index is 560. The number of fused-ring (bicyclic) bond motifs is 3. The largest absolute Gasteiger partial charge is 0.355 e. The second-order valence-electron chi connectivity index (χ2n) is 4.35.